The van der Waals surface area contributed by atoms with Crippen LogP contribution in [0.4, 0.5) is 5.69 Å². The Labute approximate surface area is 140 Å². The van der Waals surface area contributed by atoms with Crippen LogP contribution >= 0.6 is 23.2 Å². The van der Waals surface area contributed by atoms with Gasteiger partial charge < -0.3 is 10.2 Å². The van der Waals surface area contributed by atoms with E-state index >= 15 is 0 Å². The maximum atomic E-state index is 12.2. The van der Waals surface area contributed by atoms with E-state index in [0.717, 1.165) is 25.7 Å². The first-order valence-electron chi connectivity index (χ1n) is 7.50. The minimum absolute atomic E-state index is 0.0497. The van der Waals surface area contributed by atoms with Crippen molar-refractivity contribution < 1.29 is 9.59 Å². The Balaban J connectivity index is 2.06. The van der Waals surface area contributed by atoms with Crippen LogP contribution in [-0.2, 0) is 9.59 Å². The highest BCUT2D eigenvalue weighted by Crippen LogP contribution is 2.32. The molecule has 120 valence electrons. The van der Waals surface area contributed by atoms with Crippen molar-refractivity contribution in [2.45, 2.75) is 45.1 Å². The van der Waals surface area contributed by atoms with Crippen LogP contribution in [0.2, 0.25) is 10.0 Å². The number of rotatable bonds is 4. The Bertz CT molecular complexity index is 557. The molecule has 0 bridgehead atoms. The van der Waals surface area contributed by atoms with Crippen molar-refractivity contribution in [3.8, 4) is 0 Å². The second-order valence-electron chi connectivity index (χ2n) is 5.58. The monoisotopic (exact) mass is 342 g/mol. The minimum atomic E-state index is -0.247. The average Bonchev–Trinajstić information content (AvgIpc) is 2.49. The number of anilines is 1. The topological polar surface area (TPSA) is 49.4 Å². The zero-order chi connectivity index (χ0) is 16.1. The summed E-state index contributed by atoms with van der Waals surface area (Å²) in [6.07, 6.45) is 5.51. The van der Waals surface area contributed by atoms with Gasteiger partial charge in [0.05, 0.1) is 15.7 Å². The van der Waals surface area contributed by atoms with E-state index in [2.05, 4.69) is 5.32 Å². The fourth-order valence-corrected chi connectivity index (χ4v) is 3.13. The van der Waals surface area contributed by atoms with Gasteiger partial charge in [0.15, 0.2) is 0 Å². The molecule has 0 unspecified atom stereocenters. The minimum Gasteiger partial charge on any atom is -0.352 e. The number of carbonyl (C=O) groups excluding carboxylic acids is 2. The summed E-state index contributed by atoms with van der Waals surface area (Å²) >= 11 is 12.1. The first-order chi connectivity index (χ1) is 10.5. The molecule has 22 heavy (non-hydrogen) atoms. The number of halogens is 2. The molecule has 0 spiro atoms. The fraction of sp³-hybridized carbons (Fsp3) is 0.500. The van der Waals surface area contributed by atoms with Crippen LogP contribution in [0.25, 0.3) is 0 Å². The number of hydrogen-bond acceptors (Lipinski definition) is 2. The third kappa shape index (κ3) is 4.37. The van der Waals surface area contributed by atoms with Crippen LogP contribution in [0.1, 0.15) is 39.0 Å². The van der Waals surface area contributed by atoms with Crippen LogP contribution in [0.3, 0.4) is 0 Å². The molecule has 1 fully saturated rings. The molecule has 1 aliphatic carbocycles. The predicted octanol–water partition coefficient (Wildman–Crippen LogP) is 3.80. The van der Waals surface area contributed by atoms with E-state index in [1.54, 1.807) is 18.2 Å². The number of nitrogens with zero attached hydrogens (tertiary/aromatic N) is 1. The maximum absolute atomic E-state index is 12.2. The predicted molar refractivity (Wildman–Crippen MR) is 89.5 cm³/mol. The molecule has 2 amide bonds. The van der Waals surface area contributed by atoms with Gasteiger partial charge in [-0.25, -0.2) is 0 Å². The van der Waals surface area contributed by atoms with Gasteiger partial charge in [-0.2, -0.15) is 0 Å². The van der Waals surface area contributed by atoms with Crippen LogP contribution in [0, 0.1) is 0 Å². The van der Waals surface area contributed by atoms with Crippen molar-refractivity contribution in [2.75, 3.05) is 11.4 Å². The number of amides is 2. The van der Waals surface area contributed by atoms with Gasteiger partial charge in [-0.05, 0) is 25.0 Å². The molecule has 1 saturated carbocycles. The summed E-state index contributed by atoms with van der Waals surface area (Å²) in [7, 11) is 0. The van der Waals surface area contributed by atoms with E-state index < -0.39 is 0 Å². The molecule has 0 saturated heterocycles. The molecule has 1 aromatic carbocycles. The van der Waals surface area contributed by atoms with E-state index in [1.165, 1.54) is 18.2 Å². The first-order valence-corrected chi connectivity index (χ1v) is 8.26. The normalized spacial score (nSPS) is 15.4. The van der Waals surface area contributed by atoms with Gasteiger partial charge in [0.1, 0.15) is 6.54 Å². The molecule has 0 aliphatic heterocycles. The number of benzene rings is 1. The van der Waals surface area contributed by atoms with Gasteiger partial charge in [-0.15, -0.1) is 0 Å². The summed E-state index contributed by atoms with van der Waals surface area (Å²) in [5.74, 6) is -0.416. The maximum Gasteiger partial charge on any atom is 0.240 e. The molecular formula is C16H20Cl2N2O2. The molecule has 1 N–H and O–H groups in total. The molecule has 0 radical (unpaired) electrons. The third-order valence-corrected chi connectivity index (χ3v) is 4.68. The summed E-state index contributed by atoms with van der Waals surface area (Å²) in [5, 5.41) is 3.64. The molecule has 0 aromatic heterocycles. The standard InChI is InChI=1S/C16H20Cl2N2O2/c1-11(21)20(14-9-5-8-13(17)16(14)18)10-15(22)19-12-6-3-2-4-7-12/h5,8-9,12H,2-4,6-7,10H2,1H3,(H,19,22). The van der Waals surface area contributed by atoms with E-state index in [4.69, 9.17) is 23.2 Å². The highest BCUT2D eigenvalue weighted by Gasteiger charge is 2.22. The lowest BCUT2D eigenvalue weighted by atomic mass is 9.95. The number of nitrogens with one attached hydrogen (secondary N) is 1. The molecule has 2 rings (SSSR count). The molecule has 1 aliphatic rings. The van der Waals surface area contributed by atoms with Gasteiger partial charge in [-0.3, -0.25) is 9.59 Å². The summed E-state index contributed by atoms with van der Waals surface area (Å²) < 4.78 is 0. The smallest absolute Gasteiger partial charge is 0.240 e. The average molecular weight is 343 g/mol. The SMILES string of the molecule is CC(=O)N(CC(=O)NC1CCCCC1)c1cccc(Cl)c1Cl. The van der Waals surface area contributed by atoms with Crippen molar-refractivity contribution in [1.82, 2.24) is 5.32 Å². The largest absolute Gasteiger partial charge is 0.352 e. The molecule has 0 atom stereocenters. The Morgan fingerprint density at radius 3 is 2.55 bits per heavy atom. The lowest BCUT2D eigenvalue weighted by Crippen LogP contribution is -2.44. The van der Waals surface area contributed by atoms with Gasteiger partial charge in [0.2, 0.25) is 11.8 Å². The van der Waals surface area contributed by atoms with Gasteiger partial charge in [-0.1, -0.05) is 48.5 Å². The van der Waals surface area contributed by atoms with Gasteiger partial charge in [0.25, 0.3) is 0 Å². The highest BCUT2D eigenvalue weighted by molar-refractivity contribution is 6.44. The van der Waals surface area contributed by atoms with Crippen molar-refractivity contribution in [1.29, 1.82) is 0 Å². The van der Waals surface area contributed by atoms with E-state index in [9.17, 15) is 9.59 Å². The van der Waals surface area contributed by atoms with Crippen LogP contribution in [-0.4, -0.2) is 24.4 Å². The summed E-state index contributed by atoms with van der Waals surface area (Å²) in [6.45, 7) is 1.36. The summed E-state index contributed by atoms with van der Waals surface area (Å²) in [4.78, 5) is 25.4. The lowest BCUT2D eigenvalue weighted by Gasteiger charge is -2.26. The summed E-state index contributed by atoms with van der Waals surface area (Å²) in [6, 6.07) is 5.25. The Hall–Kier alpha value is -1.26. The quantitative estimate of drug-likeness (QED) is 0.904. The second kappa shape index (κ2) is 7.84. The van der Waals surface area contributed by atoms with Crippen molar-refractivity contribution >= 4 is 40.7 Å². The zero-order valence-corrected chi connectivity index (χ0v) is 14.1. The molecule has 0 heterocycles. The third-order valence-electron chi connectivity index (χ3n) is 3.87. The fourth-order valence-electron chi connectivity index (χ4n) is 2.73. The van der Waals surface area contributed by atoms with Crippen LogP contribution in [0.15, 0.2) is 18.2 Å². The first kappa shape index (κ1) is 17.1. The van der Waals surface area contributed by atoms with Gasteiger partial charge >= 0.3 is 0 Å². The number of hydrogen-bond donors (Lipinski definition) is 1. The zero-order valence-electron chi connectivity index (χ0n) is 12.6. The van der Waals surface area contributed by atoms with E-state index in [-0.39, 0.29) is 29.4 Å². The Morgan fingerprint density at radius 1 is 1.23 bits per heavy atom. The van der Waals surface area contributed by atoms with E-state index in [0.29, 0.717) is 10.7 Å². The number of carbonyl (C=O) groups is 2. The summed E-state index contributed by atoms with van der Waals surface area (Å²) in [5.41, 5.74) is 0.459. The second-order valence-corrected chi connectivity index (χ2v) is 6.37. The molecule has 1 aromatic rings. The van der Waals surface area contributed by atoms with Crippen LogP contribution < -0.4 is 10.2 Å². The molecular weight excluding hydrogens is 323 g/mol. The van der Waals surface area contributed by atoms with Crippen molar-refractivity contribution in [3.05, 3.63) is 28.2 Å². The highest BCUT2D eigenvalue weighted by atomic mass is 35.5. The van der Waals surface area contributed by atoms with E-state index in [1.807, 2.05) is 0 Å². The van der Waals surface area contributed by atoms with Crippen molar-refractivity contribution in [2.24, 2.45) is 0 Å². The Morgan fingerprint density at radius 2 is 1.91 bits per heavy atom. The lowest BCUT2D eigenvalue weighted by molar-refractivity contribution is -0.123. The Kier molecular flexibility index (Phi) is 6.09. The molecule has 4 nitrogen and oxygen atoms in total. The van der Waals surface area contributed by atoms with Crippen LogP contribution in [0.5, 0.6) is 0 Å². The van der Waals surface area contributed by atoms with Gasteiger partial charge in [0, 0.05) is 13.0 Å². The molecule has 6 heteroatoms. The van der Waals surface area contributed by atoms with Crippen molar-refractivity contribution in [3.63, 3.8) is 0 Å².